The molecule has 32 heavy (non-hydrogen) atoms. The van der Waals surface area contributed by atoms with Crippen LogP contribution < -0.4 is 0 Å². The molecule has 1 atom stereocenters. The summed E-state index contributed by atoms with van der Waals surface area (Å²) < 4.78 is 13.2. The highest BCUT2D eigenvalue weighted by molar-refractivity contribution is 6.00. The number of aromatic nitrogens is 3. The Morgan fingerprint density at radius 1 is 1.09 bits per heavy atom. The van der Waals surface area contributed by atoms with Crippen LogP contribution in [0.5, 0.6) is 0 Å². The first kappa shape index (κ1) is 21.4. The van der Waals surface area contributed by atoms with E-state index in [9.17, 15) is 14.3 Å². The van der Waals surface area contributed by atoms with Crippen molar-refractivity contribution < 1.29 is 14.3 Å². The molecule has 7 heteroatoms. The van der Waals surface area contributed by atoms with E-state index in [2.05, 4.69) is 15.2 Å². The van der Waals surface area contributed by atoms with Crippen LogP contribution in [0.3, 0.4) is 0 Å². The lowest BCUT2D eigenvalue weighted by molar-refractivity contribution is 0.0660. The minimum Gasteiger partial charge on any atom is -0.394 e. The van der Waals surface area contributed by atoms with Crippen molar-refractivity contribution >= 4 is 5.91 Å². The van der Waals surface area contributed by atoms with Gasteiger partial charge in [0.1, 0.15) is 5.82 Å². The average molecular weight is 430 g/mol. The number of likely N-dealkylation sites (N-methyl/N-ethyl adjacent to an activating group) is 1. The van der Waals surface area contributed by atoms with Crippen LogP contribution in [0.2, 0.25) is 0 Å². The number of benzene rings is 2. The number of pyridine rings is 1. The third kappa shape index (κ3) is 4.58. The van der Waals surface area contributed by atoms with Gasteiger partial charge in [-0.2, -0.15) is 5.10 Å². The van der Waals surface area contributed by atoms with Crippen LogP contribution in [-0.4, -0.2) is 50.8 Å². The molecule has 2 aromatic heterocycles. The molecule has 2 N–H and O–H groups in total. The zero-order valence-corrected chi connectivity index (χ0v) is 17.6. The molecule has 0 saturated carbocycles. The van der Waals surface area contributed by atoms with Gasteiger partial charge in [0.25, 0.3) is 5.91 Å². The quantitative estimate of drug-likeness (QED) is 0.465. The minimum atomic E-state index is -0.415. The number of hydrogen-bond acceptors (Lipinski definition) is 4. The number of nitrogens with one attached hydrogen (secondary N) is 1. The summed E-state index contributed by atoms with van der Waals surface area (Å²) >= 11 is 0. The van der Waals surface area contributed by atoms with E-state index in [0.29, 0.717) is 28.9 Å². The predicted molar refractivity (Wildman–Crippen MR) is 120 cm³/mol. The fourth-order valence-corrected chi connectivity index (χ4v) is 3.57. The lowest BCUT2D eigenvalue weighted by Gasteiger charge is -2.27. The second kappa shape index (κ2) is 9.53. The van der Waals surface area contributed by atoms with Crippen molar-refractivity contribution in [3.63, 3.8) is 0 Å². The molecule has 0 bridgehead atoms. The van der Waals surface area contributed by atoms with Gasteiger partial charge in [-0.1, -0.05) is 24.3 Å². The average Bonchev–Trinajstić information content (AvgIpc) is 3.33. The van der Waals surface area contributed by atoms with Crippen molar-refractivity contribution in [1.82, 2.24) is 20.1 Å². The summed E-state index contributed by atoms with van der Waals surface area (Å²) in [6, 6.07) is 20.3. The molecule has 1 amide bonds. The summed E-state index contributed by atoms with van der Waals surface area (Å²) in [6.07, 6.45) is 2.14. The molecule has 0 aliphatic carbocycles. The van der Waals surface area contributed by atoms with Crippen LogP contribution in [-0.2, 0) is 6.42 Å². The lowest BCUT2D eigenvalue weighted by atomic mass is 10.0. The predicted octanol–water partition coefficient (Wildman–Crippen LogP) is 3.95. The molecule has 2 aromatic carbocycles. The summed E-state index contributed by atoms with van der Waals surface area (Å²) in [7, 11) is 1.68. The van der Waals surface area contributed by atoms with Crippen LogP contribution in [0, 0.1) is 5.82 Å². The third-order valence-electron chi connectivity index (χ3n) is 5.42. The lowest BCUT2D eigenvalue weighted by Crippen LogP contribution is -2.41. The Labute approximate surface area is 185 Å². The summed E-state index contributed by atoms with van der Waals surface area (Å²) in [6.45, 7) is -0.181. The Bertz CT molecular complexity index is 1190. The Morgan fingerprint density at radius 3 is 2.56 bits per heavy atom. The van der Waals surface area contributed by atoms with Crippen molar-refractivity contribution in [3.8, 4) is 22.5 Å². The second-order valence-corrected chi connectivity index (χ2v) is 7.50. The largest absolute Gasteiger partial charge is 0.394 e. The van der Waals surface area contributed by atoms with Crippen LogP contribution >= 0.6 is 0 Å². The molecule has 0 saturated heterocycles. The highest BCUT2D eigenvalue weighted by Gasteiger charge is 2.24. The van der Waals surface area contributed by atoms with Gasteiger partial charge in [-0.15, -0.1) is 0 Å². The number of aromatic amines is 1. The fourth-order valence-electron chi connectivity index (χ4n) is 3.57. The highest BCUT2D eigenvalue weighted by Crippen LogP contribution is 2.27. The number of aliphatic hydroxyl groups excluding tert-OH is 1. The van der Waals surface area contributed by atoms with E-state index in [1.54, 1.807) is 42.4 Å². The zero-order valence-electron chi connectivity index (χ0n) is 17.6. The van der Waals surface area contributed by atoms with Gasteiger partial charge in [0, 0.05) is 42.0 Å². The summed E-state index contributed by atoms with van der Waals surface area (Å²) in [5.41, 5.74) is 4.08. The van der Waals surface area contributed by atoms with Gasteiger partial charge in [-0.25, -0.2) is 4.39 Å². The number of rotatable bonds is 7. The number of H-pyrrole nitrogens is 1. The van der Waals surface area contributed by atoms with Crippen molar-refractivity contribution in [1.29, 1.82) is 0 Å². The number of amides is 1. The number of aliphatic hydroxyl groups is 1. The molecule has 2 heterocycles. The number of carbonyl (C=O) groups excluding carboxylic acids is 1. The maximum Gasteiger partial charge on any atom is 0.254 e. The molecule has 0 aliphatic rings. The van der Waals surface area contributed by atoms with Crippen LogP contribution in [0.4, 0.5) is 4.39 Å². The molecular weight excluding hydrogens is 407 g/mol. The molecule has 0 fully saturated rings. The minimum absolute atomic E-state index is 0.181. The molecular formula is C25H23FN4O2. The third-order valence-corrected chi connectivity index (χ3v) is 5.42. The highest BCUT2D eigenvalue weighted by atomic mass is 19.1. The molecule has 0 unspecified atom stereocenters. The summed E-state index contributed by atoms with van der Waals surface area (Å²) in [5, 5.41) is 17.2. The Hall–Kier alpha value is -3.84. The van der Waals surface area contributed by atoms with Crippen LogP contribution in [0.1, 0.15) is 16.1 Å². The van der Waals surface area contributed by atoms with E-state index >= 15 is 0 Å². The second-order valence-electron chi connectivity index (χ2n) is 7.50. The zero-order chi connectivity index (χ0) is 22.5. The Balaban J connectivity index is 1.60. The van der Waals surface area contributed by atoms with Crippen molar-refractivity contribution in [3.05, 3.63) is 96.1 Å². The van der Waals surface area contributed by atoms with Crippen LogP contribution in [0.15, 0.2) is 79.0 Å². The Kier molecular flexibility index (Phi) is 6.37. The number of hydrogen-bond donors (Lipinski definition) is 2. The maximum absolute atomic E-state index is 13.4. The van der Waals surface area contributed by atoms with Gasteiger partial charge in [-0.05, 0) is 48.5 Å². The van der Waals surface area contributed by atoms with Crippen molar-refractivity contribution in [2.45, 2.75) is 12.5 Å². The number of halogens is 1. The fraction of sp³-hybridized carbons (Fsp3) is 0.160. The van der Waals surface area contributed by atoms with E-state index in [4.69, 9.17) is 0 Å². The molecule has 0 aliphatic heterocycles. The van der Waals surface area contributed by atoms with Gasteiger partial charge < -0.3 is 10.0 Å². The van der Waals surface area contributed by atoms with Crippen molar-refractivity contribution in [2.24, 2.45) is 0 Å². The van der Waals surface area contributed by atoms with Gasteiger partial charge in [0.15, 0.2) is 0 Å². The first-order chi connectivity index (χ1) is 15.6. The van der Waals surface area contributed by atoms with E-state index in [1.165, 1.54) is 12.1 Å². The van der Waals surface area contributed by atoms with Crippen LogP contribution in [0.25, 0.3) is 22.5 Å². The molecule has 0 radical (unpaired) electrons. The number of nitrogens with zero attached hydrogens (tertiary/aromatic N) is 3. The van der Waals surface area contributed by atoms with Crippen molar-refractivity contribution in [2.75, 3.05) is 13.7 Å². The Morgan fingerprint density at radius 2 is 1.84 bits per heavy atom. The standard InChI is InChI=1S/C25H23FN4O2/c1-30(20(16-31)14-19-6-4-5-13-27-19)25(32)22-8-3-2-7-21(22)24-15-23(28-29-24)17-9-11-18(26)12-10-17/h2-13,15,20,31H,14,16H2,1H3,(H,28,29)/t20-/m1/s1. The normalized spacial score (nSPS) is 11.8. The molecule has 4 rings (SSSR count). The van der Waals surface area contributed by atoms with E-state index in [-0.39, 0.29) is 18.3 Å². The van der Waals surface area contributed by atoms with E-state index in [1.807, 2.05) is 36.4 Å². The van der Waals surface area contributed by atoms with E-state index < -0.39 is 6.04 Å². The van der Waals surface area contributed by atoms with Gasteiger partial charge in [0.2, 0.25) is 0 Å². The molecule has 4 aromatic rings. The smallest absolute Gasteiger partial charge is 0.254 e. The topological polar surface area (TPSA) is 82.1 Å². The molecule has 162 valence electrons. The molecule has 6 nitrogen and oxygen atoms in total. The summed E-state index contributed by atoms with van der Waals surface area (Å²) in [5.74, 6) is -0.527. The molecule has 0 spiro atoms. The first-order valence-corrected chi connectivity index (χ1v) is 10.3. The van der Waals surface area contributed by atoms with E-state index in [0.717, 1.165) is 11.3 Å². The number of carbonyl (C=O) groups is 1. The monoisotopic (exact) mass is 430 g/mol. The maximum atomic E-state index is 13.4. The van der Waals surface area contributed by atoms with Gasteiger partial charge in [-0.3, -0.25) is 14.9 Å². The van der Waals surface area contributed by atoms with Gasteiger partial charge in [0.05, 0.1) is 24.0 Å². The first-order valence-electron chi connectivity index (χ1n) is 10.3. The SMILES string of the molecule is CN(C(=O)c1ccccc1-c1cc(-c2ccc(F)cc2)n[nH]1)[C@@H](CO)Cc1ccccn1. The summed E-state index contributed by atoms with van der Waals surface area (Å²) in [4.78, 5) is 19.2. The van der Waals surface area contributed by atoms with Gasteiger partial charge >= 0.3 is 0 Å².